The van der Waals surface area contributed by atoms with Crippen LogP contribution in [0.5, 0.6) is 0 Å². The van der Waals surface area contributed by atoms with Gasteiger partial charge in [-0.15, -0.1) is 13.2 Å². The van der Waals surface area contributed by atoms with Crippen LogP contribution in [0.15, 0.2) is 13.2 Å². The number of aliphatic hydroxyl groups excluding tert-OH is 1. The summed E-state index contributed by atoms with van der Waals surface area (Å²) in [6.07, 6.45) is 0.667. The van der Waals surface area contributed by atoms with Gasteiger partial charge in [-0.25, -0.2) is 0 Å². The van der Waals surface area contributed by atoms with E-state index in [1.165, 1.54) is 0 Å². The molecule has 0 atom stereocenters. The molecule has 0 aromatic rings. The molecule has 0 aliphatic carbocycles. The fraction of sp³-hybridized carbons (Fsp3) is 0.600. The number of Topliss-reactive ketones (excluding diaryl/α,β-unsaturated/α-hetero) is 1. The van der Waals surface area contributed by atoms with Crippen LogP contribution >= 0.6 is 0 Å². The predicted molar refractivity (Wildman–Crippen MR) is 57.8 cm³/mol. The van der Waals surface area contributed by atoms with Gasteiger partial charge in [0.15, 0.2) is 0 Å². The molecule has 0 saturated heterocycles. The fourth-order valence-corrected chi connectivity index (χ4v) is 0. The molecule has 0 radical (unpaired) electrons. The number of aliphatic hydroxyl groups is 1. The number of hydrogen-bond acceptors (Lipinski definition) is 2. The third-order valence-electron chi connectivity index (χ3n) is 0.498. The Morgan fingerprint density at radius 2 is 1.38 bits per heavy atom. The number of carbonyl (C=O) groups is 1. The third kappa shape index (κ3) is 748. The summed E-state index contributed by atoms with van der Waals surface area (Å²) in [6.45, 7) is 13.9. The van der Waals surface area contributed by atoms with Gasteiger partial charge in [-0.05, 0) is 6.92 Å². The first-order valence-corrected chi connectivity index (χ1v) is 2.92. The van der Waals surface area contributed by atoms with Crippen LogP contribution in [-0.4, -0.2) is 18.0 Å². The zero-order valence-electron chi connectivity index (χ0n) is 7.39. The van der Waals surface area contributed by atoms with Gasteiger partial charge in [0.05, 0.1) is 0 Å². The van der Waals surface area contributed by atoms with E-state index in [9.17, 15) is 4.79 Å². The Kier molecular flexibility index (Phi) is 362. The van der Waals surface area contributed by atoms with E-state index in [1.807, 2.05) is 6.92 Å². The summed E-state index contributed by atoms with van der Waals surface area (Å²) < 4.78 is 7.50. The molecule has 0 aliphatic rings. The van der Waals surface area contributed by atoms with Gasteiger partial charge in [0.25, 0.3) is 0 Å². The first-order valence-electron chi connectivity index (χ1n) is 2.92. The summed E-state index contributed by atoms with van der Waals surface area (Å²) in [5.41, 5.74) is 0. The van der Waals surface area contributed by atoms with E-state index in [-0.39, 0.29) is 20.6 Å². The van der Waals surface area contributed by atoms with Crippen LogP contribution in [0.2, 0.25) is 0 Å². The molecule has 82 valence electrons. The Hall–Kier alpha value is -0.890. The zero-order valence-corrected chi connectivity index (χ0v) is 7.39. The second-order valence-electron chi connectivity index (χ2n) is 1.06. The van der Waals surface area contributed by atoms with E-state index in [1.54, 1.807) is 6.92 Å². The Bertz CT molecular complexity index is 77.5. The van der Waals surface area contributed by atoms with E-state index in [2.05, 4.69) is 19.8 Å². The first-order chi connectivity index (χ1) is 5.27. The monoisotopic (exact) mass is 192 g/mol. The van der Waals surface area contributed by atoms with Gasteiger partial charge in [-0.3, -0.25) is 0 Å². The molecule has 1 N–H and O–H groups in total. The Morgan fingerprint density at radius 1 is 1.31 bits per heavy atom. The van der Waals surface area contributed by atoms with Crippen LogP contribution in [0.25, 0.3) is 0 Å². The molecule has 3 nitrogen and oxygen atoms in total. The Labute approximate surface area is 83.2 Å². The van der Waals surface area contributed by atoms with E-state index in [4.69, 9.17) is 9.76 Å². The van der Waals surface area contributed by atoms with Gasteiger partial charge in [0, 0.05) is 13.5 Å². The van der Waals surface area contributed by atoms with Crippen LogP contribution in [0.3, 0.4) is 0 Å². The predicted octanol–water partition coefficient (Wildman–Crippen LogP) is 2.63. The van der Waals surface area contributed by atoms with Crippen molar-refractivity contribution in [3.8, 4) is 0 Å². The Morgan fingerprint density at radius 3 is 1.38 bits per heavy atom. The second kappa shape index (κ2) is 117. The number of ketones is 1. The molecule has 0 bridgehead atoms. The first kappa shape index (κ1) is 40.0. The minimum atomic E-state index is 0. The third-order valence-corrected chi connectivity index (χ3v) is 0.498. The molecule has 0 spiro atoms. The second-order valence-corrected chi connectivity index (χ2v) is 1.06. The maximum atomic E-state index is 9.81. The molecule has 0 aromatic carbocycles. The average Bonchev–Trinajstić information content (AvgIpc) is 2.15. The van der Waals surface area contributed by atoms with Crippen molar-refractivity contribution in [1.82, 2.24) is 0 Å². The van der Waals surface area contributed by atoms with Gasteiger partial charge in [0.2, 0.25) is 0 Å². The normalized spacial score (nSPS) is 3.85. The van der Waals surface area contributed by atoms with Gasteiger partial charge in [0.1, 0.15) is 5.78 Å². The molecular weight excluding hydrogens is 168 g/mol. The van der Waals surface area contributed by atoms with Crippen LogP contribution in [0, 0.1) is 6.65 Å². The summed E-state index contributed by atoms with van der Waals surface area (Å²) in [4.78, 5) is 9.81. The molecule has 13 heavy (non-hydrogen) atoms. The van der Waals surface area contributed by atoms with Crippen molar-refractivity contribution in [2.45, 2.75) is 35.1 Å². The number of carbonyl (C=O) groups excluding carboxylic acids is 1. The van der Waals surface area contributed by atoms with Crippen LogP contribution < -0.4 is 0 Å². The van der Waals surface area contributed by atoms with Crippen molar-refractivity contribution >= 4 is 5.78 Å². The maximum absolute atomic E-state index is 9.81. The molecule has 0 fully saturated rings. The molecule has 0 unspecified atom stereocenters. The zero-order chi connectivity index (χ0) is 10.3. The summed E-state index contributed by atoms with van der Waals surface area (Å²) in [6, 6.07) is 0. The van der Waals surface area contributed by atoms with Gasteiger partial charge in [-0.1, -0.05) is 21.8 Å². The van der Waals surface area contributed by atoms with Gasteiger partial charge >= 0.3 is 11.3 Å². The number of hydrogen-bond donors (Lipinski definition) is 1. The van der Waals surface area contributed by atoms with Crippen LogP contribution in [0.1, 0.15) is 35.1 Å². The van der Waals surface area contributed by atoms with Crippen molar-refractivity contribution < 1.29 is 14.6 Å². The summed E-state index contributed by atoms with van der Waals surface area (Å²) in [5.74, 6) is 0.255. The quantitative estimate of drug-likeness (QED) is 0.394. The van der Waals surface area contributed by atoms with Crippen molar-refractivity contribution in [2.24, 2.45) is 0 Å². The van der Waals surface area contributed by atoms with Crippen molar-refractivity contribution in [1.29, 1.82) is 0 Å². The topological polar surface area (TPSA) is 57.2 Å². The van der Waals surface area contributed by atoms with Crippen LogP contribution in [0.4, 0.5) is 0 Å². The summed E-state index contributed by atoms with van der Waals surface area (Å²) in [7, 11) is 1.00. The number of rotatable bonds is 1. The summed E-state index contributed by atoms with van der Waals surface area (Å²) in [5, 5.41) is 7.00. The van der Waals surface area contributed by atoms with Crippen molar-refractivity contribution in [2.75, 3.05) is 7.11 Å². The van der Waals surface area contributed by atoms with E-state index in [0.717, 1.165) is 7.11 Å². The Balaban J connectivity index is -0.0000000135. The molecule has 0 aromatic heterocycles. The van der Waals surface area contributed by atoms with Crippen LogP contribution in [-0.2, 0) is 9.45 Å². The molecule has 0 aliphatic heterocycles. The molecule has 3 heteroatoms. The molecule has 0 saturated carbocycles. The standard InChI is InChI=1S/C4H8O.C2H4.CH4O.CO.2CH4/c1-3-4(2)5;3*1-2;;/h3H2,1-2H3;1-2H2;2H,1H3;;2*1H4. The molecule has 0 amide bonds. The fourth-order valence-electron chi connectivity index (χ4n) is 0. The molecule has 0 rings (SSSR count). The molecular formula is C10H24O3. The van der Waals surface area contributed by atoms with Crippen molar-refractivity contribution in [3.63, 3.8) is 0 Å². The SMILES string of the molecule is C.C.C=C.CCC(C)=O.CO.[C-]#[O+]. The minimum absolute atomic E-state index is 0. The van der Waals surface area contributed by atoms with Gasteiger partial charge < -0.3 is 9.90 Å². The van der Waals surface area contributed by atoms with E-state index in [0.29, 0.717) is 6.42 Å². The van der Waals surface area contributed by atoms with E-state index < -0.39 is 0 Å². The van der Waals surface area contributed by atoms with Crippen molar-refractivity contribution in [3.05, 3.63) is 19.8 Å². The summed E-state index contributed by atoms with van der Waals surface area (Å²) >= 11 is 0. The molecule has 0 heterocycles. The average molecular weight is 192 g/mol. The van der Waals surface area contributed by atoms with Gasteiger partial charge in [-0.2, -0.15) is 0 Å². The van der Waals surface area contributed by atoms with E-state index >= 15 is 0 Å².